The number of amides is 1. The van der Waals surface area contributed by atoms with E-state index in [1.807, 2.05) is 56.3 Å². The summed E-state index contributed by atoms with van der Waals surface area (Å²) in [6.45, 7) is 4.76. The van der Waals surface area contributed by atoms with Crippen LogP contribution < -0.4 is 10.1 Å². The molecule has 0 aromatic heterocycles. The van der Waals surface area contributed by atoms with E-state index in [1.165, 1.54) is 11.1 Å². The van der Waals surface area contributed by atoms with Crippen LogP contribution in [0.15, 0.2) is 42.5 Å². The van der Waals surface area contributed by atoms with Gasteiger partial charge in [-0.15, -0.1) is 0 Å². The highest BCUT2D eigenvalue weighted by molar-refractivity contribution is 7.98. The van der Waals surface area contributed by atoms with E-state index in [9.17, 15) is 4.79 Å². The molecule has 0 aliphatic rings. The third-order valence-electron chi connectivity index (χ3n) is 3.60. The van der Waals surface area contributed by atoms with Crippen LogP contribution in [0.1, 0.15) is 16.7 Å². The Bertz CT molecular complexity index is 674. The van der Waals surface area contributed by atoms with Gasteiger partial charge in [-0.25, -0.2) is 0 Å². The molecule has 0 aliphatic heterocycles. The van der Waals surface area contributed by atoms with Gasteiger partial charge in [-0.2, -0.15) is 11.8 Å². The number of halogens is 1. The first-order valence-corrected chi connectivity index (χ1v) is 9.37. The van der Waals surface area contributed by atoms with E-state index in [0.29, 0.717) is 6.54 Å². The second-order valence-corrected chi connectivity index (χ2v) is 7.11. The van der Waals surface area contributed by atoms with Crippen LogP contribution in [0.4, 0.5) is 0 Å². The summed E-state index contributed by atoms with van der Waals surface area (Å²) in [4.78, 5) is 11.8. The fourth-order valence-corrected chi connectivity index (χ4v) is 2.98. The molecular weight excluding hydrogens is 342 g/mol. The van der Waals surface area contributed by atoms with Gasteiger partial charge < -0.3 is 10.1 Å². The first-order chi connectivity index (χ1) is 11.5. The molecular formula is C19H22ClNO2S. The Morgan fingerprint density at radius 3 is 2.58 bits per heavy atom. The van der Waals surface area contributed by atoms with Crippen molar-refractivity contribution in [3.05, 3.63) is 64.2 Å². The molecule has 0 heterocycles. The van der Waals surface area contributed by atoms with E-state index in [4.69, 9.17) is 16.3 Å². The first kappa shape index (κ1) is 18.7. The monoisotopic (exact) mass is 363 g/mol. The Morgan fingerprint density at radius 1 is 1.12 bits per heavy atom. The van der Waals surface area contributed by atoms with Gasteiger partial charge in [0.25, 0.3) is 5.91 Å². The van der Waals surface area contributed by atoms with Crippen molar-refractivity contribution in [3.63, 3.8) is 0 Å². The van der Waals surface area contributed by atoms with Crippen LogP contribution in [0.3, 0.4) is 0 Å². The predicted octanol–water partition coefficient (Wildman–Crippen LogP) is 4.39. The highest BCUT2D eigenvalue weighted by atomic mass is 35.5. The molecule has 0 spiro atoms. The van der Waals surface area contributed by atoms with Crippen molar-refractivity contribution in [3.8, 4) is 5.75 Å². The van der Waals surface area contributed by atoms with Crippen molar-refractivity contribution in [2.75, 3.05) is 18.9 Å². The van der Waals surface area contributed by atoms with Gasteiger partial charge in [-0.05, 0) is 54.8 Å². The fourth-order valence-electron chi connectivity index (χ4n) is 2.04. The second-order valence-electron chi connectivity index (χ2n) is 5.56. The van der Waals surface area contributed by atoms with Crippen LogP contribution in [0.2, 0.25) is 5.02 Å². The lowest BCUT2D eigenvalue weighted by Crippen LogP contribution is -2.30. The maximum atomic E-state index is 11.8. The number of nitrogens with one attached hydrogen (secondary N) is 1. The van der Waals surface area contributed by atoms with E-state index in [-0.39, 0.29) is 12.5 Å². The summed E-state index contributed by atoms with van der Waals surface area (Å²) < 4.78 is 5.51. The minimum Gasteiger partial charge on any atom is -0.484 e. The lowest BCUT2D eigenvalue weighted by Gasteiger charge is -2.09. The minimum absolute atomic E-state index is 0.0460. The zero-order valence-corrected chi connectivity index (χ0v) is 15.5. The average Bonchev–Trinajstić information content (AvgIpc) is 2.57. The summed E-state index contributed by atoms with van der Waals surface area (Å²) in [7, 11) is 0. The number of hydrogen-bond donors (Lipinski definition) is 1. The van der Waals surface area contributed by atoms with Crippen LogP contribution in [0.25, 0.3) is 0 Å². The number of ether oxygens (including phenoxy) is 1. The predicted molar refractivity (Wildman–Crippen MR) is 102 cm³/mol. The number of thioether (sulfide) groups is 1. The third kappa shape index (κ3) is 6.46. The molecule has 1 N–H and O–H groups in total. The quantitative estimate of drug-likeness (QED) is 0.707. The molecule has 2 aromatic carbocycles. The summed E-state index contributed by atoms with van der Waals surface area (Å²) >= 11 is 7.63. The van der Waals surface area contributed by atoms with Gasteiger partial charge in [-0.3, -0.25) is 4.79 Å². The maximum Gasteiger partial charge on any atom is 0.257 e. The lowest BCUT2D eigenvalue weighted by atomic mass is 10.1. The van der Waals surface area contributed by atoms with E-state index >= 15 is 0 Å². The number of hydrogen-bond acceptors (Lipinski definition) is 3. The van der Waals surface area contributed by atoms with Gasteiger partial charge in [0.05, 0.1) is 0 Å². The smallest absolute Gasteiger partial charge is 0.257 e. The van der Waals surface area contributed by atoms with Gasteiger partial charge in [-0.1, -0.05) is 29.8 Å². The number of carbonyl (C=O) groups is 1. The topological polar surface area (TPSA) is 38.3 Å². The van der Waals surface area contributed by atoms with Gasteiger partial charge in [0.2, 0.25) is 0 Å². The number of benzene rings is 2. The standard InChI is InChI=1S/C19H22ClNO2S/c1-14-3-8-18(11-15(14)2)23-12-19(22)21-9-10-24-13-16-4-6-17(20)7-5-16/h3-8,11H,9-10,12-13H2,1-2H3,(H,21,22). The summed E-state index contributed by atoms with van der Waals surface area (Å²) in [5, 5.41) is 3.62. The Morgan fingerprint density at radius 2 is 1.88 bits per heavy atom. The Balaban J connectivity index is 1.59. The molecule has 0 saturated carbocycles. The Labute approximate surface area is 152 Å². The molecule has 1 amide bonds. The van der Waals surface area contributed by atoms with Crippen LogP contribution in [-0.2, 0) is 10.5 Å². The molecule has 24 heavy (non-hydrogen) atoms. The van der Waals surface area contributed by atoms with Crippen LogP contribution in [-0.4, -0.2) is 24.8 Å². The van der Waals surface area contributed by atoms with Crippen molar-refractivity contribution >= 4 is 29.3 Å². The van der Waals surface area contributed by atoms with Crippen molar-refractivity contribution in [2.45, 2.75) is 19.6 Å². The largest absolute Gasteiger partial charge is 0.484 e. The van der Waals surface area contributed by atoms with Crippen molar-refractivity contribution in [2.24, 2.45) is 0 Å². The van der Waals surface area contributed by atoms with Gasteiger partial charge in [0, 0.05) is 23.1 Å². The zero-order chi connectivity index (χ0) is 17.4. The van der Waals surface area contributed by atoms with E-state index in [2.05, 4.69) is 5.32 Å². The van der Waals surface area contributed by atoms with Gasteiger partial charge in [0.1, 0.15) is 5.75 Å². The van der Waals surface area contributed by atoms with Crippen molar-refractivity contribution in [1.82, 2.24) is 5.32 Å². The van der Waals surface area contributed by atoms with E-state index < -0.39 is 0 Å². The summed E-state index contributed by atoms with van der Waals surface area (Å²) in [5.41, 5.74) is 3.60. The minimum atomic E-state index is -0.0969. The van der Waals surface area contributed by atoms with Gasteiger partial charge >= 0.3 is 0 Å². The molecule has 0 unspecified atom stereocenters. The molecule has 0 bridgehead atoms. The Hall–Kier alpha value is -1.65. The third-order valence-corrected chi connectivity index (χ3v) is 4.88. The SMILES string of the molecule is Cc1ccc(OCC(=O)NCCSCc2ccc(Cl)cc2)cc1C. The normalized spacial score (nSPS) is 10.5. The molecule has 3 nitrogen and oxygen atoms in total. The maximum absolute atomic E-state index is 11.8. The molecule has 0 atom stereocenters. The second kappa shape index (κ2) is 9.60. The molecule has 5 heteroatoms. The van der Waals surface area contributed by atoms with E-state index in [0.717, 1.165) is 27.8 Å². The number of aryl methyl sites for hydroxylation is 2. The average molecular weight is 364 g/mol. The van der Waals surface area contributed by atoms with E-state index in [1.54, 1.807) is 11.8 Å². The molecule has 0 radical (unpaired) electrons. The summed E-state index contributed by atoms with van der Waals surface area (Å²) in [6, 6.07) is 13.7. The fraction of sp³-hybridized carbons (Fsp3) is 0.316. The first-order valence-electron chi connectivity index (χ1n) is 7.83. The highest BCUT2D eigenvalue weighted by Gasteiger charge is 2.03. The molecule has 2 rings (SSSR count). The number of carbonyl (C=O) groups excluding carboxylic acids is 1. The zero-order valence-electron chi connectivity index (χ0n) is 14.0. The van der Waals surface area contributed by atoms with Crippen molar-refractivity contribution in [1.29, 1.82) is 0 Å². The van der Waals surface area contributed by atoms with Crippen LogP contribution in [0, 0.1) is 13.8 Å². The van der Waals surface area contributed by atoms with Crippen LogP contribution in [0.5, 0.6) is 5.75 Å². The molecule has 0 fully saturated rings. The van der Waals surface area contributed by atoms with Crippen molar-refractivity contribution < 1.29 is 9.53 Å². The van der Waals surface area contributed by atoms with Gasteiger partial charge in [0.15, 0.2) is 6.61 Å². The van der Waals surface area contributed by atoms with Crippen LogP contribution >= 0.6 is 23.4 Å². The summed E-state index contributed by atoms with van der Waals surface area (Å²) in [6.07, 6.45) is 0. The number of rotatable bonds is 8. The molecule has 0 aliphatic carbocycles. The summed E-state index contributed by atoms with van der Waals surface area (Å²) in [5.74, 6) is 2.40. The molecule has 128 valence electrons. The molecule has 2 aromatic rings. The Kier molecular flexibility index (Phi) is 7.47. The highest BCUT2D eigenvalue weighted by Crippen LogP contribution is 2.16. The lowest BCUT2D eigenvalue weighted by molar-refractivity contribution is -0.122. The molecule has 0 saturated heterocycles.